The topological polar surface area (TPSA) is 32.3 Å². The number of nitrogens with zero attached hydrogens (tertiary/aromatic N) is 1. The molecule has 3 nitrogen and oxygen atoms in total. The van der Waals surface area contributed by atoms with Crippen molar-refractivity contribution < 1.29 is 13.6 Å². The van der Waals surface area contributed by atoms with Crippen LogP contribution in [0.2, 0.25) is 0 Å². The molecule has 1 N–H and O–H groups in total. The Hall–Kier alpha value is -1.92. The molecule has 0 heterocycles. The lowest BCUT2D eigenvalue weighted by Crippen LogP contribution is -2.37. The van der Waals surface area contributed by atoms with E-state index in [1.807, 2.05) is 0 Å². The fourth-order valence-corrected chi connectivity index (χ4v) is 4.50. The van der Waals surface area contributed by atoms with Gasteiger partial charge in [-0.1, -0.05) is 48.2 Å². The van der Waals surface area contributed by atoms with Gasteiger partial charge >= 0.3 is 0 Å². The first kappa shape index (κ1) is 18.4. The van der Waals surface area contributed by atoms with Gasteiger partial charge in [0.25, 0.3) is 5.76 Å². The molecule has 1 amide bonds. The van der Waals surface area contributed by atoms with Gasteiger partial charge in [-0.2, -0.15) is 8.78 Å². The number of benzene rings is 2. The third-order valence-corrected chi connectivity index (χ3v) is 6.01. The standard InChI is InChI=1S/C21H22F2N2OS/c22-21(23)27-19-8-4-3-7-17(19)24-20(26)13-25(15-10-11-15)18-12-9-14-5-1-2-6-16(14)18/h1-8,15,18,21H,9-13H2,(H,24,26). The SMILES string of the molecule is O=C(CN(C1CC1)C1CCc2ccccc21)Nc1ccccc1SC(F)F. The fourth-order valence-electron chi connectivity index (χ4n) is 3.90. The van der Waals surface area contributed by atoms with Crippen LogP contribution in [-0.4, -0.2) is 29.2 Å². The van der Waals surface area contributed by atoms with E-state index in [0.717, 1.165) is 25.7 Å². The molecule has 4 rings (SSSR count). The minimum Gasteiger partial charge on any atom is -0.324 e. The third kappa shape index (κ3) is 4.33. The monoisotopic (exact) mass is 388 g/mol. The Balaban J connectivity index is 1.47. The van der Waals surface area contributed by atoms with Crippen LogP contribution < -0.4 is 5.32 Å². The molecule has 2 aromatic carbocycles. The average molecular weight is 388 g/mol. The molecule has 0 radical (unpaired) electrons. The van der Waals surface area contributed by atoms with Crippen LogP contribution in [0, 0.1) is 0 Å². The van der Waals surface area contributed by atoms with E-state index in [4.69, 9.17) is 0 Å². The molecule has 2 aromatic rings. The molecule has 2 aliphatic carbocycles. The van der Waals surface area contributed by atoms with Gasteiger partial charge in [-0.05, 0) is 48.9 Å². The van der Waals surface area contributed by atoms with E-state index in [2.05, 4.69) is 34.5 Å². The molecule has 0 aliphatic heterocycles. The molecule has 0 saturated heterocycles. The van der Waals surface area contributed by atoms with Gasteiger partial charge in [-0.15, -0.1) is 0 Å². The summed E-state index contributed by atoms with van der Waals surface area (Å²) in [5.74, 6) is -2.66. The van der Waals surface area contributed by atoms with Crippen molar-refractivity contribution in [3.8, 4) is 0 Å². The Labute approximate surface area is 162 Å². The van der Waals surface area contributed by atoms with Crippen molar-refractivity contribution in [3.63, 3.8) is 0 Å². The maximum atomic E-state index is 12.7. The van der Waals surface area contributed by atoms with Gasteiger partial charge in [0, 0.05) is 17.0 Å². The van der Waals surface area contributed by atoms with Crippen LogP contribution in [0.3, 0.4) is 0 Å². The molecule has 6 heteroatoms. The number of fused-ring (bicyclic) bond motifs is 1. The summed E-state index contributed by atoms with van der Waals surface area (Å²) < 4.78 is 25.5. The summed E-state index contributed by atoms with van der Waals surface area (Å²) in [5.41, 5.74) is 3.15. The van der Waals surface area contributed by atoms with Crippen LogP contribution in [0.15, 0.2) is 53.4 Å². The zero-order valence-electron chi connectivity index (χ0n) is 14.9. The van der Waals surface area contributed by atoms with Gasteiger partial charge in [-0.25, -0.2) is 0 Å². The first-order chi connectivity index (χ1) is 13.1. The lowest BCUT2D eigenvalue weighted by molar-refractivity contribution is -0.118. The summed E-state index contributed by atoms with van der Waals surface area (Å²) >= 11 is 0.459. The second-order valence-corrected chi connectivity index (χ2v) is 8.11. The van der Waals surface area contributed by atoms with E-state index in [-0.39, 0.29) is 18.5 Å². The van der Waals surface area contributed by atoms with Crippen LogP contribution in [0.1, 0.15) is 36.4 Å². The van der Waals surface area contributed by atoms with Crippen molar-refractivity contribution in [3.05, 3.63) is 59.7 Å². The lowest BCUT2D eigenvalue weighted by Gasteiger charge is -2.29. The molecule has 0 spiro atoms. The van der Waals surface area contributed by atoms with Crippen molar-refractivity contribution in [2.24, 2.45) is 0 Å². The number of halogens is 2. The number of aryl methyl sites for hydroxylation is 1. The average Bonchev–Trinajstić information content (AvgIpc) is 3.40. The summed E-state index contributed by atoms with van der Waals surface area (Å²) in [6, 6.07) is 15.9. The van der Waals surface area contributed by atoms with Gasteiger partial charge in [0.15, 0.2) is 0 Å². The van der Waals surface area contributed by atoms with E-state index < -0.39 is 5.76 Å². The smallest absolute Gasteiger partial charge is 0.288 e. The highest BCUT2D eigenvalue weighted by Crippen LogP contribution is 2.41. The minimum absolute atomic E-state index is 0.145. The molecule has 1 unspecified atom stereocenters. The summed E-state index contributed by atoms with van der Waals surface area (Å²) in [6.45, 7) is 0.289. The van der Waals surface area contributed by atoms with Crippen LogP contribution in [0.5, 0.6) is 0 Å². The number of thioether (sulfide) groups is 1. The molecule has 1 fully saturated rings. The van der Waals surface area contributed by atoms with Crippen molar-refractivity contribution in [2.45, 2.75) is 48.4 Å². The quantitative estimate of drug-likeness (QED) is 0.671. The van der Waals surface area contributed by atoms with Crippen molar-refractivity contribution >= 4 is 23.4 Å². The van der Waals surface area contributed by atoms with Crippen molar-refractivity contribution in [1.82, 2.24) is 4.90 Å². The number of alkyl halides is 2. The van der Waals surface area contributed by atoms with Gasteiger partial charge in [0.1, 0.15) is 0 Å². The molecule has 0 aromatic heterocycles. The van der Waals surface area contributed by atoms with Gasteiger partial charge in [0.2, 0.25) is 5.91 Å². The second-order valence-electron chi connectivity index (χ2n) is 7.08. The summed E-state index contributed by atoms with van der Waals surface area (Å²) in [4.78, 5) is 15.4. The Morgan fingerprint density at radius 2 is 1.85 bits per heavy atom. The molecule has 142 valence electrons. The summed E-state index contributed by atoms with van der Waals surface area (Å²) in [6.07, 6.45) is 4.30. The van der Waals surface area contributed by atoms with E-state index in [1.54, 1.807) is 24.3 Å². The Kier molecular flexibility index (Phi) is 5.45. The van der Waals surface area contributed by atoms with E-state index >= 15 is 0 Å². The van der Waals surface area contributed by atoms with Crippen molar-refractivity contribution in [2.75, 3.05) is 11.9 Å². The second kappa shape index (κ2) is 7.98. The predicted octanol–water partition coefficient (Wildman–Crippen LogP) is 5.09. The normalized spacial score (nSPS) is 18.7. The lowest BCUT2D eigenvalue weighted by atomic mass is 10.1. The van der Waals surface area contributed by atoms with Crippen LogP contribution in [-0.2, 0) is 11.2 Å². The van der Waals surface area contributed by atoms with Gasteiger partial charge < -0.3 is 5.32 Å². The van der Waals surface area contributed by atoms with E-state index in [0.29, 0.717) is 28.4 Å². The highest BCUT2D eigenvalue weighted by atomic mass is 32.2. The highest BCUT2D eigenvalue weighted by Gasteiger charge is 2.38. The first-order valence-corrected chi connectivity index (χ1v) is 10.2. The molecule has 1 saturated carbocycles. The predicted molar refractivity (Wildman–Crippen MR) is 104 cm³/mol. The number of carbonyl (C=O) groups is 1. The van der Waals surface area contributed by atoms with Crippen molar-refractivity contribution in [1.29, 1.82) is 0 Å². The van der Waals surface area contributed by atoms with Gasteiger partial charge in [-0.3, -0.25) is 9.69 Å². The van der Waals surface area contributed by atoms with E-state index in [9.17, 15) is 13.6 Å². The molecule has 2 aliphatic rings. The Morgan fingerprint density at radius 3 is 2.63 bits per heavy atom. The maximum Gasteiger partial charge on any atom is 0.288 e. The molecule has 1 atom stereocenters. The third-order valence-electron chi connectivity index (χ3n) is 5.22. The number of para-hydroxylation sites is 1. The fraction of sp³-hybridized carbons (Fsp3) is 0.381. The molecule has 27 heavy (non-hydrogen) atoms. The van der Waals surface area contributed by atoms with Crippen LogP contribution in [0.4, 0.5) is 14.5 Å². The maximum absolute atomic E-state index is 12.7. The highest BCUT2D eigenvalue weighted by molar-refractivity contribution is 7.99. The number of rotatable bonds is 7. The number of anilines is 1. The molecule has 0 bridgehead atoms. The zero-order chi connectivity index (χ0) is 18.8. The molecular formula is C21H22F2N2OS. The zero-order valence-corrected chi connectivity index (χ0v) is 15.7. The van der Waals surface area contributed by atoms with E-state index in [1.165, 1.54) is 11.1 Å². The van der Waals surface area contributed by atoms with Crippen LogP contribution in [0.25, 0.3) is 0 Å². The summed E-state index contributed by atoms with van der Waals surface area (Å²) in [5, 5.41) is 2.84. The number of amides is 1. The number of nitrogens with one attached hydrogen (secondary N) is 1. The Morgan fingerprint density at radius 1 is 1.11 bits per heavy atom. The number of carbonyl (C=O) groups excluding carboxylic acids is 1. The largest absolute Gasteiger partial charge is 0.324 e. The number of hydrogen-bond donors (Lipinski definition) is 1. The summed E-state index contributed by atoms with van der Waals surface area (Å²) in [7, 11) is 0. The van der Waals surface area contributed by atoms with Gasteiger partial charge in [0.05, 0.1) is 12.2 Å². The van der Waals surface area contributed by atoms with Crippen LogP contribution >= 0.6 is 11.8 Å². The number of hydrogen-bond acceptors (Lipinski definition) is 3. The first-order valence-electron chi connectivity index (χ1n) is 9.29. The minimum atomic E-state index is -2.51. The Bertz CT molecular complexity index is 825. The molecular weight excluding hydrogens is 366 g/mol.